The molecule has 170 valence electrons. The number of hydrogen-bond acceptors (Lipinski definition) is 5. The molecule has 29 heavy (non-hydrogen) atoms. The van der Waals surface area contributed by atoms with Gasteiger partial charge in [-0.1, -0.05) is 40.5 Å². The van der Waals surface area contributed by atoms with E-state index in [1.165, 1.54) is 12.8 Å². The summed E-state index contributed by atoms with van der Waals surface area (Å²) in [5.74, 6) is 0.391. The quantitative estimate of drug-likeness (QED) is 0.371. The first kappa shape index (κ1) is 25.9. The molecule has 0 aromatic rings. The summed E-state index contributed by atoms with van der Waals surface area (Å²) in [5, 5.41) is 0. The minimum absolute atomic E-state index is 0.0287. The first-order valence-electron chi connectivity index (χ1n) is 11.5. The number of ether oxygens (including phenoxy) is 3. The molecule has 1 saturated carbocycles. The highest BCUT2D eigenvalue weighted by molar-refractivity contribution is 5.79. The summed E-state index contributed by atoms with van der Waals surface area (Å²) in [5.41, 5.74) is -0.555. The van der Waals surface area contributed by atoms with Crippen molar-refractivity contribution < 1.29 is 23.8 Å². The van der Waals surface area contributed by atoms with E-state index in [4.69, 9.17) is 14.2 Å². The minimum Gasteiger partial charge on any atom is -0.460 e. The van der Waals surface area contributed by atoms with E-state index < -0.39 is 11.5 Å². The summed E-state index contributed by atoms with van der Waals surface area (Å²) in [6.07, 6.45) is 5.26. The molecule has 5 nitrogen and oxygen atoms in total. The second-order valence-corrected chi connectivity index (χ2v) is 10.2. The first-order chi connectivity index (χ1) is 13.4. The lowest BCUT2D eigenvalue weighted by Gasteiger charge is -2.32. The second-order valence-electron chi connectivity index (χ2n) is 10.2. The SMILES string of the molecule is CC[C@H](CCC(C)C)[C@@H](OCC1CC1)[C@H](C)OC(=O)[C@H](C)CC(=O)OC(C)(C)C. The standard InChI is InChI=1S/C24H44O5/c1-9-20(13-10-16(2)3)22(27-15-19-11-12-19)18(5)28-23(26)17(4)14-21(25)29-24(6,7)8/h16-20,22H,9-15H2,1-8H3/t17-,18+,20-,22+/m1/s1. The van der Waals surface area contributed by atoms with Crippen molar-refractivity contribution in [2.45, 2.75) is 112 Å². The van der Waals surface area contributed by atoms with E-state index in [0.717, 1.165) is 25.9 Å². The van der Waals surface area contributed by atoms with E-state index in [1.54, 1.807) is 6.92 Å². The van der Waals surface area contributed by atoms with Crippen molar-refractivity contribution in [3.8, 4) is 0 Å². The van der Waals surface area contributed by atoms with Crippen LogP contribution in [0, 0.1) is 23.7 Å². The minimum atomic E-state index is -0.555. The van der Waals surface area contributed by atoms with Gasteiger partial charge in [0.2, 0.25) is 0 Å². The van der Waals surface area contributed by atoms with Crippen LogP contribution in [0.1, 0.15) is 93.9 Å². The van der Waals surface area contributed by atoms with Gasteiger partial charge in [0.05, 0.1) is 18.4 Å². The molecule has 0 heterocycles. The van der Waals surface area contributed by atoms with Crippen molar-refractivity contribution >= 4 is 11.9 Å². The third-order valence-corrected chi connectivity index (χ3v) is 5.39. The van der Waals surface area contributed by atoms with Crippen LogP contribution in [0.25, 0.3) is 0 Å². The Morgan fingerprint density at radius 2 is 1.66 bits per heavy atom. The zero-order valence-corrected chi connectivity index (χ0v) is 20.0. The lowest BCUT2D eigenvalue weighted by molar-refractivity contribution is -0.169. The predicted molar refractivity (Wildman–Crippen MR) is 115 cm³/mol. The molecule has 0 aromatic heterocycles. The van der Waals surface area contributed by atoms with Gasteiger partial charge in [-0.05, 0) is 64.7 Å². The zero-order valence-electron chi connectivity index (χ0n) is 20.0. The van der Waals surface area contributed by atoms with Crippen LogP contribution in [0.3, 0.4) is 0 Å². The fourth-order valence-corrected chi connectivity index (χ4v) is 3.42. The second kappa shape index (κ2) is 11.9. The molecule has 1 fully saturated rings. The summed E-state index contributed by atoms with van der Waals surface area (Å²) in [6.45, 7) is 16.5. The Morgan fingerprint density at radius 1 is 1.03 bits per heavy atom. The molecule has 1 aliphatic rings. The summed E-state index contributed by atoms with van der Waals surface area (Å²) < 4.78 is 17.4. The number of rotatable bonds is 13. The average Bonchev–Trinajstić information content (AvgIpc) is 3.39. The Bertz CT molecular complexity index is 504. The van der Waals surface area contributed by atoms with Crippen molar-refractivity contribution in [3.05, 3.63) is 0 Å². The third-order valence-electron chi connectivity index (χ3n) is 5.39. The number of carbonyl (C=O) groups is 2. The van der Waals surface area contributed by atoms with Crippen LogP contribution in [-0.2, 0) is 23.8 Å². The first-order valence-corrected chi connectivity index (χ1v) is 11.5. The van der Waals surface area contributed by atoms with Crippen LogP contribution in [0.2, 0.25) is 0 Å². The summed E-state index contributed by atoms with van der Waals surface area (Å²) in [7, 11) is 0. The van der Waals surface area contributed by atoms with E-state index in [1.807, 2.05) is 27.7 Å². The Labute approximate surface area is 178 Å². The van der Waals surface area contributed by atoms with Crippen molar-refractivity contribution in [1.29, 1.82) is 0 Å². The average molecular weight is 413 g/mol. The monoisotopic (exact) mass is 412 g/mol. The van der Waals surface area contributed by atoms with E-state index in [2.05, 4.69) is 20.8 Å². The number of carbonyl (C=O) groups excluding carboxylic acids is 2. The van der Waals surface area contributed by atoms with Gasteiger partial charge in [-0.15, -0.1) is 0 Å². The Balaban J connectivity index is 2.66. The molecular formula is C24H44O5. The van der Waals surface area contributed by atoms with Crippen LogP contribution >= 0.6 is 0 Å². The van der Waals surface area contributed by atoms with Gasteiger partial charge in [0.15, 0.2) is 0 Å². The van der Waals surface area contributed by atoms with Crippen LogP contribution < -0.4 is 0 Å². The molecule has 1 aliphatic carbocycles. The molecule has 4 atom stereocenters. The molecule has 0 aliphatic heterocycles. The van der Waals surface area contributed by atoms with E-state index in [0.29, 0.717) is 17.8 Å². The zero-order chi connectivity index (χ0) is 22.2. The van der Waals surface area contributed by atoms with Gasteiger partial charge < -0.3 is 14.2 Å². The maximum Gasteiger partial charge on any atom is 0.309 e. The molecule has 0 unspecified atom stereocenters. The molecule has 0 radical (unpaired) electrons. The third kappa shape index (κ3) is 11.0. The van der Waals surface area contributed by atoms with E-state index in [9.17, 15) is 9.59 Å². The number of hydrogen-bond donors (Lipinski definition) is 0. The molecule has 0 bridgehead atoms. The van der Waals surface area contributed by atoms with Gasteiger partial charge in [0.1, 0.15) is 11.7 Å². The van der Waals surface area contributed by atoms with Gasteiger partial charge >= 0.3 is 11.9 Å². The lowest BCUT2D eigenvalue weighted by Crippen LogP contribution is -2.39. The van der Waals surface area contributed by atoms with Crippen molar-refractivity contribution in [2.24, 2.45) is 23.7 Å². The highest BCUT2D eigenvalue weighted by atomic mass is 16.6. The molecule has 5 heteroatoms. The molecule has 0 spiro atoms. The summed E-state index contributed by atoms with van der Waals surface area (Å²) in [6, 6.07) is 0. The van der Waals surface area contributed by atoms with Gasteiger partial charge in [0, 0.05) is 6.61 Å². The predicted octanol–water partition coefficient (Wildman–Crippen LogP) is 5.54. The van der Waals surface area contributed by atoms with Crippen molar-refractivity contribution in [1.82, 2.24) is 0 Å². The topological polar surface area (TPSA) is 61.8 Å². The summed E-state index contributed by atoms with van der Waals surface area (Å²) in [4.78, 5) is 24.6. The summed E-state index contributed by atoms with van der Waals surface area (Å²) >= 11 is 0. The van der Waals surface area contributed by atoms with Crippen LogP contribution in [-0.4, -0.2) is 36.4 Å². The highest BCUT2D eigenvalue weighted by Crippen LogP contribution is 2.32. The van der Waals surface area contributed by atoms with Gasteiger partial charge in [-0.3, -0.25) is 9.59 Å². The van der Waals surface area contributed by atoms with Crippen LogP contribution in [0.15, 0.2) is 0 Å². The van der Waals surface area contributed by atoms with Gasteiger partial charge in [0.25, 0.3) is 0 Å². The van der Waals surface area contributed by atoms with Crippen LogP contribution in [0.5, 0.6) is 0 Å². The normalized spacial score (nSPS) is 18.8. The Morgan fingerprint density at radius 3 is 2.14 bits per heavy atom. The molecular weight excluding hydrogens is 368 g/mol. The molecule has 0 N–H and O–H groups in total. The van der Waals surface area contributed by atoms with Crippen molar-refractivity contribution in [2.75, 3.05) is 6.61 Å². The maximum atomic E-state index is 12.6. The van der Waals surface area contributed by atoms with Crippen molar-refractivity contribution in [3.63, 3.8) is 0 Å². The van der Waals surface area contributed by atoms with Gasteiger partial charge in [-0.2, -0.15) is 0 Å². The van der Waals surface area contributed by atoms with Crippen LogP contribution in [0.4, 0.5) is 0 Å². The fraction of sp³-hybridized carbons (Fsp3) is 0.917. The largest absolute Gasteiger partial charge is 0.460 e. The Hall–Kier alpha value is -1.10. The lowest BCUT2D eigenvalue weighted by atomic mass is 9.88. The van der Waals surface area contributed by atoms with E-state index >= 15 is 0 Å². The Kier molecular flexibility index (Phi) is 10.7. The molecule has 0 amide bonds. The fourth-order valence-electron chi connectivity index (χ4n) is 3.42. The molecule has 0 aromatic carbocycles. The highest BCUT2D eigenvalue weighted by Gasteiger charge is 2.33. The maximum absolute atomic E-state index is 12.6. The molecule has 0 saturated heterocycles. The van der Waals surface area contributed by atoms with E-state index in [-0.39, 0.29) is 30.6 Å². The number of esters is 2. The molecule has 1 rings (SSSR count). The van der Waals surface area contributed by atoms with Gasteiger partial charge in [-0.25, -0.2) is 0 Å². The smallest absolute Gasteiger partial charge is 0.309 e.